The van der Waals surface area contributed by atoms with Gasteiger partial charge in [0.15, 0.2) is 0 Å². The quantitative estimate of drug-likeness (QED) is 0.570. The highest BCUT2D eigenvalue weighted by atomic mass is 16.6. The van der Waals surface area contributed by atoms with Gasteiger partial charge >= 0.3 is 0 Å². The zero-order valence-corrected chi connectivity index (χ0v) is 8.61. The van der Waals surface area contributed by atoms with E-state index in [0.717, 1.165) is 5.56 Å². The molecule has 1 aliphatic rings. The van der Waals surface area contributed by atoms with Gasteiger partial charge in [-0.05, 0) is 17.7 Å². The van der Waals surface area contributed by atoms with Crippen LogP contribution in [0.2, 0.25) is 0 Å². The van der Waals surface area contributed by atoms with E-state index in [9.17, 15) is 10.1 Å². The van der Waals surface area contributed by atoms with Gasteiger partial charge in [-0.2, -0.15) is 0 Å². The zero-order valence-electron chi connectivity index (χ0n) is 8.61. The van der Waals surface area contributed by atoms with Crippen molar-refractivity contribution in [3.63, 3.8) is 0 Å². The predicted molar refractivity (Wildman–Crippen MR) is 63.9 cm³/mol. The van der Waals surface area contributed by atoms with E-state index in [2.05, 4.69) is 18.2 Å². The molecule has 0 bridgehead atoms. The van der Waals surface area contributed by atoms with Crippen LogP contribution in [0.15, 0.2) is 54.6 Å². The highest BCUT2D eigenvalue weighted by Gasteiger charge is 2.02. The predicted octanol–water partition coefficient (Wildman–Crippen LogP) is 3.35. The fourth-order valence-corrected chi connectivity index (χ4v) is 1.51. The number of allylic oxidation sites excluding steroid dienone is 5. The summed E-state index contributed by atoms with van der Waals surface area (Å²) < 4.78 is 0. The van der Waals surface area contributed by atoms with E-state index >= 15 is 0 Å². The molecule has 0 unspecified atom stereocenters. The number of nitrogens with zero attached hydrogens (tertiary/aromatic N) is 1. The van der Waals surface area contributed by atoms with E-state index in [1.54, 1.807) is 12.1 Å². The average molecular weight is 213 g/mol. The normalized spacial score (nSPS) is 15.0. The molecule has 3 nitrogen and oxygen atoms in total. The van der Waals surface area contributed by atoms with Gasteiger partial charge in [-0.3, -0.25) is 10.1 Å². The summed E-state index contributed by atoms with van der Waals surface area (Å²) in [6, 6.07) is 6.52. The number of hydrogen-bond acceptors (Lipinski definition) is 2. The summed E-state index contributed by atoms with van der Waals surface area (Å²) in [6.07, 6.45) is 12.2. The monoisotopic (exact) mass is 213 g/mol. The number of nitro benzene ring substituents is 1. The Bertz CT molecular complexity index is 457. The molecule has 3 heteroatoms. The van der Waals surface area contributed by atoms with Crippen molar-refractivity contribution in [2.75, 3.05) is 0 Å². The molecule has 16 heavy (non-hydrogen) atoms. The second-order valence-corrected chi connectivity index (χ2v) is 3.55. The summed E-state index contributed by atoms with van der Waals surface area (Å²) in [7, 11) is 0. The van der Waals surface area contributed by atoms with Crippen LogP contribution in [-0.2, 0) is 0 Å². The van der Waals surface area contributed by atoms with E-state index < -0.39 is 4.92 Å². The van der Waals surface area contributed by atoms with Crippen molar-refractivity contribution in [1.29, 1.82) is 0 Å². The van der Waals surface area contributed by atoms with Crippen LogP contribution in [-0.4, -0.2) is 4.92 Å². The van der Waals surface area contributed by atoms with Gasteiger partial charge in [0.05, 0.1) is 4.92 Å². The second-order valence-electron chi connectivity index (χ2n) is 3.55. The molecule has 0 fully saturated rings. The van der Waals surface area contributed by atoms with Crippen LogP contribution < -0.4 is 0 Å². The van der Waals surface area contributed by atoms with E-state index in [4.69, 9.17) is 0 Å². The lowest BCUT2D eigenvalue weighted by Gasteiger charge is -1.96. The molecular weight excluding hydrogens is 202 g/mol. The van der Waals surface area contributed by atoms with Crippen LogP contribution in [0.1, 0.15) is 5.56 Å². The molecule has 2 rings (SSSR count). The van der Waals surface area contributed by atoms with Gasteiger partial charge in [-0.1, -0.05) is 36.5 Å². The zero-order chi connectivity index (χ0) is 11.4. The number of non-ortho nitro benzene ring substituents is 1. The molecule has 0 saturated heterocycles. The fourth-order valence-electron chi connectivity index (χ4n) is 1.51. The standard InChI is InChI=1S/C13H11NO2/c15-14(16)13-9-7-12(8-10-13)6-5-11-3-1-2-4-11/h1-11H. The summed E-state index contributed by atoms with van der Waals surface area (Å²) in [6.45, 7) is 0. The van der Waals surface area contributed by atoms with Crippen molar-refractivity contribution in [3.05, 3.63) is 70.3 Å². The second kappa shape index (κ2) is 4.57. The Balaban J connectivity index is 2.07. The molecule has 0 N–H and O–H groups in total. The Kier molecular flexibility index (Phi) is 2.96. The maximum atomic E-state index is 10.4. The summed E-state index contributed by atoms with van der Waals surface area (Å²) in [5.74, 6) is 0.343. The molecule has 1 aromatic carbocycles. The van der Waals surface area contributed by atoms with Gasteiger partial charge in [0.1, 0.15) is 0 Å². The fraction of sp³-hybridized carbons (Fsp3) is 0.0769. The topological polar surface area (TPSA) is 43.1 Å². The Hall–Kier alpha value is -2.16. The van der Waals surface area contributed by atoms with Gasteiger partial charge in [0.2, 0.25) is 0 Å². The first-order valence-corrected chi connectivity index (χ1v) is 5.03. The lowest BCUT2D eigenvalue weighted by Crippen LogP contribution is -1.87. The smallest absolute Gasteiger partial charge is 0.258 e. The van der Waals surface area contributed by atoms with Crippen LogP contribution in [0, 0.1) is 16.0 Å². The van der Waals surface area contributed by atoms with Gasteiger partial charge in [0, 0.05) is 18.1 Å². The molecule has 0 aromatic heterocycles. The summed E-state index contributed by atoms with van der Waals surface area (Å²) in [5, 5.41) is 10.4. The number of benzene rings is 1. The highest BCUT2D eigenvalue weighted by molar-refractivity contribution is 5.53. The Morgan fingerprint density at radius 3 is 2.31 bits per heavy atom. The van der Waals surface area contributed by atoms with Crippen molar-refractivity contribution in [3.8, 4) is 0 Å². The molecule has 1 aromatic rings. The first-order chi connectivity index (χ1) is 7.75. The molecule has 0 saturated carbocycles. The summed E-state index contributed by atoms with van der Waals surface area (Å²) in [4.78, 5) is 10.1. The van der Waals surface area contributed by atoms with Gasteiger partial charge in [0.25, 0.3) is 5.69 Å². The first kappa shape index (κ1) is 10.4. The van der Waals surface area contributed by atoms with Crippen LogP contribution >= 0.6 is 0 Å². The molecule has 1 aliphatic carbocycles. The van der Waals surface area contributed by atoms with Crippen molar-refractivity contribution in [2.24, 2.45) is 5.92 Å². The maximum Gasteiger partial charge on any atom is 0.269 e. The minimum Gasteiger partial charge on any atom is -0.258 e. The number of hydrogen-bond donors (Lipinski definition) is 0. The number of nitro groups is 1. The summed E-state index contributed by atoms with van der Waals surface area (Å²) in [5.41, 5.74) is 1.09. The Morgan fingerprint density at radius 2 is 1.75 bits per heavy atom. The Labute approximate surface area is 93.6 Å². The molecule has 0 atom stereocenters. The molecule has 0 spiro atoms. The van der Waals surface area contributed by atoms with Crippen molar-refractivity contribution < 1.29 is 4.92 Å². The van der Waals surface area contributed by atoms with E-state index in [1.165, 1.54) is 12.1 Å². The van der Waals surface area contributed by atoms with E-state index in [-0.39, 0.29) is 5.69 Å². The minimum absolute atomic E-state index is 0.123. The minimum atomic E-state index is -0.393. The molecule has 0 radical (unpaired) electrons. The third-order valence-corrected chi connectivity index (χ3v) is 2.39. The maximum absolute atomic E-state index is 10.4. The SMILES string of the molecule is O=[N+]([O-])c1ccc(C=CC2C=CC=C2)cc1. The lowest BCUT2D eigenvalue weighted by atomic mass is 10.1. The average Bonchev–Trinajstić information content (AvgIpc) is 2.80. The molecule has 0 aliphatic heterocycles. The number of rotatable bonds is 3. The lowest BCUT2D eigenvalue weighted by molar-refractivity contribution is -0.384. The third kappa shape index (κ3) is 2.45. The van der Waals surface area contributed by atoms with Crippen LogP contribution in [0.25, 0.3) is 6.08 Å². The van der Waals surface area contributed by atoms with E-state index in [1.807, 2.05) is 18.2 Å². The van der Waals surface area contributed by atoms with Gasteiger partial charge in [-0.15, -0.1) is 0 Å². The van der Waals surface area contributed by atoms with Crippen LogP contribution in [0.5, 0.6) is 0 Å². The molecular formula is C13H11NO2. The third-order valence-electron chi connectivity index (χ3n) is 2.39. The Morgan fingerprint density at radius 1 is 1.12 bits per heavy atom. The van der Waals surface area contributed by atoms with Gasteiger partial charge < -0.3 is 0 Å². The van der Waals surface area contributed by atoms with Gasteiger partial charge in [-0.25, -0.2) is 0 Å². The first-order valence-electron chi connectivity index (χ1n) is 5.03. The summed E-state index contributed by atoms with van der Waals surface area (Å²) >= 11 is 0. The van der Waals surface area contributed by atoms with Crippen molar-refractivity contribution in [2.45, 2.75) is 0 Å². The van der Waals surface area contributed by atoms with Crippen molar-refractivity contribution >= 4 is 11.8 Å². The van der Waals surface area contributed by atoms with Crippen LogP contribution in [0.3, 0.4) is 0 Å². The highest BCUT2D eigenvalue weighted by Crippen LogP contribution is 2.15. The largest absolute Gasteiger partial charge is 0.269 e. The van der Waals surface area contributed by atoms with E-state index in [0.29, 0.717) is 5.92 Å². The van der Waals surface area contributed by atoms with Crippen molar-refractivity contribution in [1.82, 2.24) is 0 Å². The molecule has 0 heterocycles. The molecule has 0 amide bonds. The molecule has 80 valence electrons. The van der Waals surface area contributed by atoms with Crippen LogP contribution in [0.4, 0.5) is 5.69 Å².